The van der Waals surface area contributed by atoms with Gasteiger partial charge in [0, 0.05) is 39.1 Å². The van der Waals surface area contributed by atoms with Gasteiger partial charge in [-0.1, -0.05) is 78.9 Å². The van der Waals surface area contributed by atoms with E-state index in [4.69, 9.17) is 9.47 Å². The highest BCUT2D eigenvalue weighted by molar-refractivity contribution is 5.81. The van der Waals surface area contributed by atoms with E-state index in [9.17, 15) is 19.5 Å². The number of carboxylic acid groups (broad SMARTS) is 1. The molecule has 3 aromatic carbocycles. The highest BCUT2D eigenvalue weighted by atomic mass is 16.5. The largest absolute Gasteiger partial charge is 0.479 e. The second kappa shape index (κ2) is 13.2. The molecule has 1 unspecified atom stereocenters. The Morgan fingerprint density at radius 1 is 0.929 bits per heavy atom. The van der Waals surface area contributed by atoms with Crippen LogP contribution in [0.5, 0.6) is 0 Å². The molecule has 2 aliphatic rings. The van der Waals surface area contributed by atoms with Crippen LogP contribution in [-0.2, 0) is 25.6 Å². The number of likely N-dealkylation sites (tertiary alicyclic amines) is 1. The predicted molar refractivity (Wildman–Crippen MR) is 158 cm³/mol. The Morgan fingerprint density at radius 2 is 1.52 bits per heavy atom. The Bertz CT molecular complexity index is 1360. The van der Waals surface area contributed by atoms with E-state index in [0.717, 1.165) is 28.8 Å². The zero-order valence-corrected chi connectivity index (χ0v) is 23.8. The Balaban J connectivity index is 1.25. The van der Waals surface area contributed by atoms with E-state index in [-0.39, 0.29) is 31.4 Å². The van der Waals surface area contributed by atoms with Crippen molar-refractivity contribution in [2.75, 3.05) is 33.4 Å². The maximum atomic E-state index is 13.3. The van der Waals surface area contributed by atoms with Crippen LogP contribution in [0.1, 0.15) is 41.9 Å². The van der Waals surface area contributed by atoms with Gasteiger partial charge < -0.3 is 25.2 Å². The van der Waals surface area contributed by atoms with Crippen molar-refractivity contribution < 1.29 is 29.0 Å². The number of carboxylic acids is 1. The first-order valence-corrected chi connectivity index (χ1v) is 14.3. The lowest BCUT2D eigenvalue weighted by molar-refractivity contribution is -0.148. The number of fused-ring (bicyclic) bond motifs is 3. The van der Waals surface area contributed by atoms with Gasteiger partial charge in [0.05, 0.1) is 12.1 Å². The smallest absolute Gasteiger partial charge is 0.407 e. The first kappa shape index (κ1) is 29.3. The average Bonchev–Trinajstić information content (AvgIpc) is 3.31. The first-order chi connectivity index (χ1) is 20.4. The molecule has 1 aliphatic carbocycles. The maximum absolute atomic E-state index is 13.3. The van der Waals surface area contributed by atoms with Crippen LogP contribution in [0.25, 0.3) is 11.1 Å². The van der Waals surface area contributed by atoms with Gasteiger partial charge in [-0.05, 0) is 40.7 Å². The van der Waals surface area contributed by atoms with Gasteiger partial charge >= 0.3 is 12.1 Å². The molecule has 2 amide bonds. The number of ether oxygens (including phenoxy) is 2. The van der Waals surface area contributed by atoms with Crippen LogP contribution >= 0.6 is 0 Å². The number of nitrogens with zero attached hydrogens (tertiary/aromatic N) is 1. The lowest BCUT2D eigenvalue weighted by Crippen LogP contribution is -2.57. The van der Waals surface area contributed by atoms with Crippen molar-refractivity contribution in [2.24, 2.45) is 0 Å². The second-order valence-corrected chi connectivity index (χ2v) is 11.0. The fraction of sp³-hybridized carbons (Fsp3) is 0.364. The fourth-order valence-electron chi connectivity index (χ4n) is 6.03. The Hall–Kier alpha value is -4.21. The highest BCUT2D eigenvalue weighted by Crippen LogP contribution is 2.44. The molecule has 3 N–H and O–H groups in total. The van der Waals surface area contributed by atoms with Crippen molar-refractivity contribution in [3.63, 3.8) is 0 Å². The molecule has 1 fully saturated rings. The van der Waals surface area contributed by atoms with Crippen molar-refractivity contribution in [3.05, 3.63) is 95.6 Å². The molecule has 3 aromatic rings. The minimum absolute atomic E-state index is 0.00637. The first-order valence-electron chi connectivity index (χ1n) is 14.3. The summed E-state index contributed by atoms with van der Waals surface area (Å²) in [5.41, 5.74) is 4.92. The van der Waals surface area contributed by atoms with Crippen molar-refractivity contribution in [1.29, 1.82) is 0 Å². The number of carbonyl (C=O) groups is 3. The van der Waals surface area contributed by atoms with Gasteiger partial charge in [-0.15, -0.1) is 0 Å². The summed E-state index contributed by atoms with van der Waals surface area (Å²) in [6, 6.07) is 26.5. The molecule has 1 heterocycles. The van der Waals surface area contributed by atoms with Crippen LogP contribution in [0.3, 0.4) is 0 Å². The van der Waals surface area contributed by atoms with Crippen LogP contribution < -0.4 is 10.6 Å². The van der Waals surface area contributed by atoms with Crippen molar-refractivity contribution in [3.8, 4) is 11.1 Å². The maximum Gasteiger partial charge on any atom is 0.407 e. The molecule has 0 spiro atoms. The number of rotatable bonds is 11. The average molecular weight is 572 g/mol. The number of alkyl carbamates (subject to hydrolysis) is 1. The number of hydrogen-bond acceptors (Lipinski definition) is 6. The standard InChI is InChI=1S/C33H37N3O6/c1-41-29(31(38)39)20-34-30(37)19-33(15-17-36(18-16-33)21-23-9-3-2-4-10-23)35-32(40)42-22-28-26-13-7-5-11-24(26)25-12-6-8-14-27(25)28/h2-14,28-29H,15-22H2,1H3,(H,34,37)(H,35,40)(H,38,39). The molecule has 1 saturated heterocycles. The third-order valence-electron chi connectivity index (χ3n) is 8.32. The number of amides is 2. The molecule has 9 nitrogen and oxygen atoms in total. The summed E-state index contributed by atoms with van der Waals surface area (Å²) in [6.07, 6.45) is -0.616. The molecule has 0 aromatic heterocycles. The monoisotopic (exact) mass is 571 g/mol. The topological polar surface area (TPSA) is 117 Å². The van der Waals surface area contributed by atoms with E-state index in [1.807, 2.05) is 42.5 Å². The molecule has 42 heavy (non-hydrogen) atoms. The summed E-state index contributed by atoms with van der Waals surface area (Å²) < 4.78 is 10.8. The zero-order valence-electron chi connectivity index (χ0n) is 23.8. The van der Waals surface area contributed by atoms with Gasteiger partial charge in [-0.25, -0.2) is 9.59 Å². The van der Waals surface area contributed by atoms with E-state index in [1.165, 1.54) is 12.7 Å². The van der Waals surface area contributed by atoms with Crippen molar-refractivity contribution in [2.45, 2.75) is 43.4 Å². The van der Waals surface area contributed by atoms with Gasteiger partial charge in [-0.3, -0.25) is 9.69 Å². The van der Waals surface area contributed by atoms with Gasteiger partial charge in [0.1, 0.15) is 6.61 Å². The molecule has 5 rings (SSSR count). The number of benzene rings is 3. The Morgan fingerprint density at radius 3 is 2.12 bits per heavy atom. The number of aliphatic carboxylic acids is 1. The minimum atomic E-state index is -1.15. The summed E-state index contributed by atoms with van der Waals surface area (Å²) in [6.45, 7) is 2.16. The second-order valence-electron chi connectivity index (χ2n) is 11.0. The highest BCUT2D eigenvalue weighted by Gasteiger charge is 2.39. The lowest BCUT2D eigenvalue weighted by Gasteiger charge is -2.42. The van der Waals surface area contributed by atoms with E-state index in [1.54, 1.807) is 0 Å². The molecular weight excluding hydrogens is 534 g/mol. The number of hydrogen-bond donors (Lipinski definition) is 3. The molecule has 1 atom stereocenters. The summed E-state index contributed by atoms with van der Waals surface area (Å²) >= 11 is 0. The van der Waals surface area contributed by atoms with E-state index >= 15 is 0 Å². The fourth-order valence-corrected chi connectivity index (χ4v) is 6.03. The molecular formula is C33H37N3O6. The zero-order chi connectivity index (χ0) is 29.5. The molecule has 220 valence electrons. The van der Waals surface area contributed by atoms with Crippen LogP contribution in [-0.4, -0.2) is 73.0 Å². The summed E-state index contributed by atoms with van der Waals surface area (Å²) in [7, 11) is 1.29. The summed E-state index contributed by atoms with van der Waals surface area (Å²) in [5, 5.41) is 15.0. The van der Waals surface area contributed by atoms with Crippen LogP contribution in [0.4, 0.5) is 4.79 Å². The van der Waals surface area contributed by atoms with Gasteiger partial charge in [0.15, 0.2) is 6.10 Å². The number of piperidine rings is 1. The van der Waals surface area contributed by atoms with Gasteiger partial charge in [-0.2, -0.15) is 0 Å². The van der Waals surface area contributed by atoms with Crippen LogP contribution in [0.2, 0.25) is 0 Å². The van der Waals surface area contributed by atoms with Crippen molar-refractivity contribution in [1.82, 2.24) is 15.5 Å². The summed E-state index contributed by atoms with van der Waals surface area (Å²) in [5.74, 6) is -1.58. The normalized spacial score (nSPS) is 16.6. The Labute approximate surface area is 245 Å². The van der Waals surface area contributed by atoms with E-state index in [2.05, 4.69) is 51.9 Å². The van der Waals surface area contributed by atoms with Crippen molar-refractivity contribution >= 4 is 18.0 Å². The number of nitrogens with one attached hydrogen (secondary N) is 2. The molecule has 0 saturated carbocycles. The minimum Gasteiger partial charge on any atom is -0.479 e. The van der Waals surface area contributed by atoms with Gasteiger partial charge in [0.25, 0.3) is 0 Å². The van der Waals surface area contributed by atoms with Gasteiger partial charge in [0.2, 0.25) is 5.91 Å². The quantitative estimate of drug-likeness (QED) is 0.316. The molecule has 0 radical (unpaired) electrons. The lowest BCUT2D eigenvalue weighted by atomic mass is 9.84. The van der Waals surface area contributed by atoms with Crippen LogP contribution in [0.15, 0.2) is 78.9 Å². The summed E-state index contributed by atoms with van der Waals surface area (Å²) in [4.78, 5) is 39.9. The van der Waals surface area contributed by atoms with E-state index < -0.39 is 23.7 Å². The SMILES string of the molecule is COC(CNC(=O)CC1(NC(=O)OCC2c3ccccc3-c3ccccc32)CCN(Cc2ccccc2)CC1)C(=O)O. The Kier molecular flexibility index (Phi) is 9.19. The number of methoxy groups -OCH3 is 1. The molecule has 0 bridgehead atoms. The number of carbonyl (C=O) groups excluding carboxylic acids is 2. The third kappa shape index (κ3) is 6.80. The third-order valence-corrected chi connectivity index (χ3v) is 8.32. The van der Waals surface area contributed by atoms with Crippen LogP contribution in [0, 0.1) is 0 Å². The predicted octanol–water partition coefficient (Wildman–Crippen LogP) is 4.17. The molecule has 9 heteroatoms. The molecule has 1 aliphatic heterocycles. The van der Waals surface area contributed by atoms with E-state index in [0.29, 0.717) is 25.9 Å².